The number of halogens is 9. The van der Waals surface area contributed by atoms with Crippen LogP contribution in [0.15, 0.2) is 48.7 Å². The molecule has 0 aliphatic carbocycles. The van der Waals surface area contributed by atoms with Crippen LogP contribution in [0.25, 0.3) is 11.4 Å². The Balaban J connectivity index is 1.63. The molecule has 9 nitrogen and oxygen atoms in total. The van der Waals surface area contributed by atoms with Crippen molar-refractivity contribution in [3.63, 3.8) is 0 Å². The molecule has 4 aromatic rings. The number of pyridine rings is 1. The molecular weight excluding hydrogens is 661 g/mol. The van der Waals surface area contributed by atoms with Crippen molar-refractivity contribution in [1.29, 1.82) is 0 Å². The highest BCUT2D eigenvalue weighted by molar-refractivity contribution is 5.90. The molecular formula is C30H26F9N7O2. The first-order chi connectivity index (χ1) is 22.5. The molecule has 2 N–H and O–H groups in total. The van der Waals surface area contributed by atoms with Crippen molar-refractivity contribution >= 4 is 17.6 Å². The lowest BCUT2D eigenvalue weighted by Gasteiger charge is -2.40. The van der Waals surface area contributed by atoms with Crippen LogP contribution in [0.5, 0.6) is 0 Å². The topological polar surface area (TPSA) is 109 Å². The number of aromatic amines is 1. The van der Waals surface area contributed by atoms with Crippen LogP contribution in [-0.2, 0) is 29.7 Å². The molecule has 3 heterocycles. The SMILES string of the molecule is CCOC(=O)N1c2ccc(C(F)(F)F)cc2[C@@H](Nc2ncc(-c3nn[nH]n3)cc2Cc2cc(C(F)(F)F)cc(C(F)(F)F)c2)C[C@H]1CC. The average Bonchev–Trinajstić information content (AvgIpc) is 3.55. The van der Waals surface area contributed by atoms with Gasteiger partial charge in [0.2, 0.25) is 5.82 Å². The van der Waals surface area contributed by atoms with Gasteiger partial charge in [-0.05, 0) is 84.1 Å². The fraction of sp³-hybridized carbons (Fsp3) is 0.367. The summed E-state index contributed by atoms with van der Waals surface area (Å²) in [6.45, 7) is 3.35. The van der Waals surface area contributed by atoms with E-state index in [0.29, 0.717) is 18.6 Å². The van der Waals surface area contributed by atoms with E-state index in [1.807, 2.05) is 0 Å². The van der Waals surface area contributed by atoms with E-state index in [2.05, 4.69) is 30.9 Å². The van der Waals surface area contributed by atoms with Crippen molar-refractivity contribution in [2.45, 2.75) is 63.7 Å². The van der Waals surface area contributed by atoms with Gasteiger partial charge < -0.3 is 10.1 Å². The Morgan fingerprint density at radius 3 is 2.17 bits per heavy atom. The summed E-state index contributed by atoms with van der Waals surface area (Å²) in [6.07, 6.45) is -14.5. The maximum absolute atomic E-state index is 13.8. The number of benzene rings is 2. The smallest absolute Gasteiger partial charge is 0.416 e. The first-order valence-electron chi connectivity index (χ1n) is 14.4. The molecule has 2 aromatic carbocycles. The lowest BCUT2D eigenvalue weighted by atomic mass is 9.88. The first kappa shape index (κ1) is 34.4. The van der Waals surface area contributed by atoms with E-state index in [1.165, 1.54) is 17.2 Å². The molecule has 0 saturated carbocycles. The second-order valence-corrected chi connectivity index (χ2v) is 10.9. The molecule has 2 atom stereocenters. The highest BCUT2D eigenvalue weighted by atomic mass is 19.4. The molecule has 5 rings (SSSR count). The third-order valence-electron chi connectivity index (χ3n) is 7.72. The van der Waals surface area contributed by atoms with E-state index in [-0.39, 0.29) is 58.7 Å². The number of ether oxygens (including phenoxy) is 1. The quantitative estimate of drug-likeness (QED) is 0.189. The van der Waals surface area contributed by atoms with E-state index in [1.54, 1.807) is 13.8 Å². The molecule has 2 aromatic heterocycles. The molecule has 0 spiro atoms. The number of carbonyl (C=O) groups is 1. The highest BCUT2D eigenvalue weighted by Crippen LogP contribution is 2.44. The molecule has 0 saturated heterocycles. The number of anilines is 2. The van der Waals surface area contributed by atoms with Gasteiger partial charge in [0.05, 0.1) is 35.0 Å². The fourth-order valence-electron chi connectivity index (χ4n) is 5.54. The number of carbonyl (C=O) groups excluding carboxylic acids is 1. The maximum Gasteiger partial charge on any atom is 0.416 e. The van der Waals surface area contributed by atoms with Crippen molar-refractivity contribution < 1.29 is 49.0 Å². The number of aromatic nitrogens is 5. The van der Waals surface area contributed by atoms with Gasteiger partial charge in [-0.1, -0.05) is 6.92 Å². The summed E-state index contributed by atoms with van der Waals surface area (Å²) in [6, 6.07) is 3.90. The summed E-state index contributed by atoms with van der Waals surface area (Å²) in [5.41, 5.74) is -3.93. The largest absolute Gasteiger partial charge is 0.449 e. The Kier molecular flexibility index (Phi) is 9.29. The predicted octanol–water partition coefficient (Wildman–Crippen LogP) is 8.21. The number of tetrazole rings is 1. The molecule has 0 fully saturated rings. The van der Waals surface area contributed by atoms with Gasteiger partial charge in [0.15, 0.2) is 0 Å². The lowest BCUT2D eigenvalue weighted by molar-refractivity contribution is -0.143. The van der Waals surface area contributed by atoms with E-state index in [0.717, 1.165) is 18.2 Å². The third kappa shape index (κ3) is 7.31. The molecule has 256 valence electrons. The maximum atomic E-state index is 13.8. The van der Waals surface area contributed by atoms with Crippen molar-refractivity contribution in [3.05, 3.63) is 82.0 Å². The van der Waals surface area contributed by atoms with Crippen LogP contribution in [-0.4, -0.2) is 44.4 Å². The van der Waals surface area contributed by atoms with E-state index in [4.69, 9.17) is 4.74 Å². The second-order valence-electron chi connectivity index (χ2n) is 10.9. The summed E-state index contributed by atoms with van der Waals surface area (Å²) < 4.78 is 129. The van der Waals surface area contributed by atoms with Gasteiger partial charge in [-0.25, -0.2) is 9.78 Å². The highest BCUT2D eigenvalue weighted by Gasteiger charge is 2.40. The average molecular weight is 688 g/mol. The number of hydrogen-bond donors (Lipinski definition) is 2. The Labute approximate surface area is 266 Å². The summed E-state index contributed by atoms with van der Waals surface area (Å²) in [4.78, 5) is 18.6. The summed E-state index contributed by atoms with van der Waals surface area (Å²) in [7, 11) is 0. The fourth-order valence-corrected chi connectivity index (χ4v) is 5.54. The zero-order valence-corrected chi connectivity index (χ0v) is 25.1. The standard InChI is InChI=1S/C30H26F9N7O2/c1-3-21-13-23(22-12-18(28(31,32)33)5-6-24(22)46(21)27(47)48-4-2)41-25-16(10-17(14-40-25)26-42-44-45-43-26)7-15-8-19(29(34,35)36)11-20(9-15)30(37,38)39/h5-6,8-12,14,21,23H,3-4,7,13H2,1-2H3,(H,40,41)(H,42,43,44,45)/t21-,23+/m1/s1. The van der Waals surface area contributed by atoms with E-state index in [9.17, 15) is 44.3 Å². The van der Waals surface area contributed by atoms with Crippen LogP contribution in [0.3, 0.4) is 0 Å². The summed E-state index contributed by atoms with van der Waals surface area (Å²) >= 11 is 0. The van der Waals surface area contributed by atoms with E-state index < -0.39 is 59.8 Å². The zero-order chi connectivity index (χ0) is 35.0. The first-order valence-corrected chi connectivity index (χ1v) is 14.4. The van der Waals surface area contributed by atoms with E-state index >= 15 is 0 Å². The number of alkyl halides is 9. The molecule has 0 bridgehead atoms. The molecule has 48 heavy (non-hydrogen) atoms. The minimum Gasteiger partial charge on any atom is -0.449 e. The van der Waals surface area contributed by atoms with Gasteiger partial charge in [-0.2, -0.15) is 44.7 Å². The van der Waals surface area contributed by atoms with Crippen molar-refractivity contribution in [1.82, 2.24) is 25.6 Å². The summed E-state index contributed by atoms with van der Waals surface area (Å²) in [5, 5.41) is 16.4. The molecule has 1 amide bonds. The number of rotatable bonds is 7. The van der Waals surface area contributed by atoms with Crippen molar-refractivity contribution in [3.8, 4) is 11.4 Å². The van der Waals surface area contributed by atoms with Gasteiger partial charge in [0.1, 0.15) is 5.82 Å². The van der Waals surface area contributed by atoms with Crippen LogP contribution < -0.4 is 10.2 Å². The van der Waals surface area contributed by atoms with Gasteiger partial charge in [0.25, 0.3) is 0 Å². The van der Waals surface area contributed by atoms with Crippen LogP contribution in [0.2, 0.25) is 0 Å². The molecule has 0 radical (unpaired) electrons. The Morgan fingerprint density at radius 2 is 1.60 bits per heavy atom. The van der Waals surface area contributed by atoms with Gasteiger partial charge in [-0.3, -0.25) is 4.90 Å². The number of H-pyrrole nitrogens is 1. The normalized spacial score (nSPS) is 16.9. The monoisotopic (exact) mass is 687 g/mol. The Bertz CT molecular complexity index is 1740. The minimum absolute atomic E-state index is 0.00797. The number of nitrogens with zero attached hydrogens (tertiary/aromatic N) is 5. The second kappa shape index (κ2) is 13.0. The van der Waals surface area contributed by atoms with Crippen LogP contribution in [0.1, 0.15) is 66.1 Å². The number of hydrogen-bond acceptors (Lipinski definition) is 7. The number of nitrogens with one attached hydrogen (secondary N) is 2. The molecule has 1 aliphatic heterocycles. The molecule has 18 heteroatoms. The zero-order valence-electron chi connectivity index (χ0n) is 25.1. The molecule has 0 unspecified atom stereocenters. The number of amides is 1. The predicted molar refractivity (Wildman–Crippen MR) is 153 cm³/mol. The number of fused-ring (bicyclic) bond motifs is 1. The lowest BCUT2D eigenvalue weighted by Crippen LogP contribution is -2.46. The van der Waals surface area contributed by atoms with Gasteiger partial charge >= 0.3 is 24.6 Å². The van der Waals surface area contributed by atoms with Crippen molar-refractivity contribution in [2.24, 2.45) is 0 Å². The molecule has 1 aliphatic rings. The van der Waals surface area contributed by atoms with Crippen LogP contribution >= 0.6 is 0 Å². The Morgan fingerprint density at radius 1 is 0.938 bits per heavy atom. The van der Waals surface area contributed by atoms with Crippen LogP contribution in [0, 0.1) is 0 Å². The third-order valence-corrected chi connectivity index (χ3v) is 7.72. The Hall–Kier alpha value is -4.90. The summed E-state index contributed by atoms with van der Waals surface area (Å²) in [5.74, 6) is -0.0229. The minimum atomic E-state index is -5.09. The van der Waals surface area contributed by atoms with Gasteiger partial charge in [-0.15, -0.1) is 10.2 Å². The van der Waals surface area contributed by atoms with Crippen LogP contribution in [0.4, 0.5) is 55.8 Å². The van der Waals surface area contributed by atoms with Gasteiger partial charge in [0, 0.05) is 24.2 Å². The van der Waals surface area contributed by atoms with Crippen molar-refractivity contribution in [2.75, 3.05) is 16.8 Å².